The van der Waals surface area contributed by atoms with E-state index in [0.717, 1.165) is 17.0 Å². The Morgan fingerprint density at radius 2 is 1.96 bits per heavy atom. The van der Waals surface area contributed by atoms with Crippen molar-refractivity contribution in [3.8, 4) is 23.2 Å². The SMILES string of the molecule is Cc1cccc(-c2nc(C)nn2CC(O)COc2ccc(C#N)cc2)c1. The fraction of sp³-hybridized carbons (Fsp3) is 0.250. The maximum Gasteiger partial charge on any atom is 0.158 e. The van der Waals surface area contributed by atoms with Crippen LogP contribution in [-0.2, 0) is 6.54 Å². The van der Waals surface area contributed by atoms with Crippen molar-refractivity contribution in [3.63, 3.8) is 0 Å². The number of aryl methyl sites for hydroxylation is 2. The Morgan fingerprint density at radius 3 is 2.65 bits per heavy atom. The molecule has 0 spiro atoms. The molecule has 0 saturated heterocycles. The molecule has 3 rings (SSSR count). The van der Waals surface area contributed by atoms with Crippen LogP contribution in [0.1, 0.15) is 17.0 Å². The van der Waals surface area contributed by atoms with E-state index in [1.165, 1.54) is 0 Å². The molecule has 26 heavy (non-hydrogen) atoms. The van der Waals surface area contributed by atoms with Crippen LogP contribution in [0.3, 0.4) is 0 Å². The summed E-state index contributed by atoms with van der Waals surface area (Å²) in [4.78, 5) is 4.48. The molecule has 0 radical (unpaired) electrons. The van der Waals surface area contributed by atoms with Crippen LogP contribution in [0, 0.1) is 25.2 Å². The van der Waals surface area contributed by atoms with E-state index in [4.69, 9.17) is 10.00 Å². The third kappa shape index (κ3) is 4.26. The summed E-state index contributed by atoms with van der Waals surface area (Å²) < 4.78 is 7.30. The Hall–Kier alpha value is -3.17. The molecule has 0 aliphatic heterocycles. The topological polar surface area (TPSA) is 84.0 Å². The molecule has 1 N–H and O–H groups in total. The fourth-order valence-electron chi connectivity index (χ4n) is 2.65. The van der Waals surface area contributed by atoms with Gasteiger partial charge >= 0.3 is 0 Å². The van der Waals surface area contributed by atoms with E-state index in [0.29, 0.717) is 17.1 Å². The number of nitriles is 1. The quantitative estimate of drug-likeness (QED) is 0.740. The lowest BCUT2D eigenvalue weighted by Crippen LogP contribution is -2.24. The number of benzene rings is 2. The van der Waals surface area contributed by atoms with Crippen LogP contribution >= 0.6 is 0 Å². The van der Waals surface area contributed by atoms with Crippen molar-refractivity contribution in [1.82, 2.24) is 14.8 Å². The molecular weight excluding hydrogens is 328 g/mol. The van der Waals surface area contributed by atoms with Gasteiger partial charge in [-0.2, -0.15) is 10.4 Å². The summed E-state index contributed by atoms with van der Waals surface area (Å²) in [6, 6.07) is 16.9. The molecule has 1 heterocycles. The predicted octanol–water partition coefficient (Wildman–Crippen LogP) is 2.87. The maximum absolute atomic E-state index is 10.3. The van der Waals surface area contributed by atoms with Gasteiger partial charge < -0.3 is 9.84 Å². The zero-order valence-corrected chi connectivity index (χ0v) is 14.8. The second kappa shape index (κ2) is 7.81. The van der Waals surface area contributed by atoms with E-state index in [1.54, 1.807) is 28.9 Å². The Kier molecular flexibility index (Phi) is 5.30. The lowest BCUT2D eigenvalue weighted by Gasteiger charge is -2.14. The van der Waals surface area contributed by atoms with Gasteiger partial charge in [-0.05, 0) is 44.2 Å². The summed E-state index contributed by atoms with van der Waals surface area (Å²) in [5.41, 5.74) is 2.67. The summed E-state index contributed by atoms with van der Waals surface area (Å²) in [7, 11) is 0. The molecule has 132 valence electrons. The third-order valence-corrected chi connectivity index (χ3v) is 3.86. The summed E-state index contributed by atoms with van der Waals surface area (Å²) in [5.74, 6) is 1.99. The Labute approximate surface area is 152 Å². The minimum absolute atomic E-state index is 0.123. The van der Waals surface area contributed by atoms with Crippen molar-refractivity contribution in [2.75, 3.05) is 6.61 Å². The molecule has 0 aliphatic carbocycles. The maximum atomic E-state index is 10.3. The van der Waals surface area contributed by atoms with Gasteiger partial charge in [-0.25, -0.2) is 9.67 Å². The van der Waals surface area contributed by atoms with E-state index in [-0.39, 0.29) is 13.2 Å². The van der Waals surface area contributed by atoms with Crippen LogP contribution in [0.5, 0.6) is 5.75 Å². The smallest absolute Gasteiger partial charge is 0.158 e. The van der Waals surface area contributed by atoms with Gasteiger partial charge in [-0.3, -0.25) is 0 Å². The summed E-state index contributed by atoms with van der Waals surface area (Å²) in [6.07, 6.45) is -0.740. The minimum atomic E-state index is -0.740. The largest absolute Gasteiger partial charge is 0.491 e. The molecule has 2 aromatic carbocycles. The molecule has 1 atom stereocenters. The molecule has 0 bridgehead atoms. The highest BCUT2D eigenvalue weighted by atomic mass is 16.5. The third-order valence-electron chi connectivity index (χ3n) is 3.86. The number of hydrogen-bond acceptors (Lipinski definition) is 5. The van der Waals surface area contributed by atoms with Crippen molar-refractivity contribution < 1.29 is 9.84 Å². The van der Waals surface area contributed by atoms with Gasteiger partial charge in [0.1, 0.15) is 24.3 Å². The Morgan fingerprint density at radius 1 is 1.19 bits per heavy atom. The zero-order chi connectivity index (χ0) is 18.5. The average Bonchev–Trinajstić information content (AvgIpc) is 3.00. The monoisotopic (exact) mass is 348 g/mol. The first kappa shape index (κ1) is 17.6. The second-order valence-corrected chi connectivity index (χ2v) is 6.14. The van der Waals surface area contributed by atoms with Crippen LogP contribution in [0.25, 0.3) is 11.4 Å². The number of rotatable bonds is 6. The molecule has 0 fully saturated rings. The number of nitrogens with zero attached hydrogens (tertiary/aromatic N) is 4. The van der Waals surface area contributed by atoms with Gasteiger partial charge in [0, 0.05) is 5.56 Å². The van der Waals surface area contributed by atoms with Gasteiger partial charge in [-0.15, -0.1) is 0 Å². The van der Waals surface area contributed by atoms with Crippen molar-refractivity contribution >= 4 is 0 Å². The standard InChI is InChI=1S/C20H20N4O2/c1-14-4-3-5-17(10-14)20-22-15(2)23-24(20)12-18(25)13-26-19-8-6-16(11-21)7-9-19/h3-10,18,25H,12-13H2,1-2H3. The number of ether oxygens (including phenoxy) is 1. The molecule has 0 saturated carbocycles. The fourth-order valence-corrected chi connectivity index (χ4v) is 2.65. The molecule has 1 aromatic heterocycles. The highest BCUT2D eigenvalue weighted by Crippen LogP contribution is 2.19. The number of hydrogen-bond donors (Lipinski definition) is 1. The highest BCUT2D eigenvalue weighted by Gasteiger charge is 2.14. The lowest BCUT2D eigenvalue weighted by molar-refractivity contribution is 0.0896. The summed E-state index contributed by atoms with van der Waals surface area (Å²) in [6.45, 7) is 4.26. The minimum Gasteiger partial charge on any atom is -0.491 e. The average molecular weight is 348 g/mol. The number of aliphatic hydroxyl groups excluding tert-OH is 1. The first-order valence-electron chi connectivity index (χ1n) is 8.34. The molecule has 0 aliphatic rings. The van der Waals surface area contributed by atoms with E-state index >= 15 is 0 Å². The second-order valence-electron chi connectivity index (χ2n) is 6.14. The van der Waals surface area contributed by atoms with Gasteiger partial charge in [0.2, 0.25) is 0 Å². The van der Waals surface area contributed by atoms with Crippen LogP contribution < -0.4 is 4.74 Å². The van der Waals surface area contributed by atoms with Crippen LogP contribution in [0.15, 0.2) is 48.5 Å². The molecule has 1 unspecified atom stereocenters. The molecule has 3 aromatic rings. The zero-order valence-electron chi connectivity index (χ0n) is 14.8. The van der Waals surface area contributed by atoms with Crippen LogP contribution in [-0.4, -0.2) is 32.6 Å². The Bertz CT molecular complexity index is 926. The first-order chi connectivity index (χ1) is 12.5. The van der Waals surface area contributed by atoms with Gasteiger partial charge in [0.25, 0.3) is 0 Å². The van der Waals surface area contributed by atoms with Gasteiger partial charge in [0.05, 0.1) is 18.2 Å². The number of aliphatic hydroxyl groups is 1. The van der Waals surface area contributed by atoms with Crippen molar-refractivity contribution in [3.05, 3.63) is 65.5 Å². The lowest BCUT2D eigenvalue weighted by atomic mass is 10.1. The summed E-state index contributed by atoms with van der Waals surface area (Å²) >= 11 is 0. The first-order valence-corrected chi connectivity index (χ1v) is 8.34. The molecule has 0 amide bonds. The van der Waals surface area contributed by atoms with E-state index < -0.39 is 6.10 Å². The molecule has 6 nitrogen and oxygen atoms in total. The number of aromatic nitrogens is 3. The van der Waals surface area contributed by atoms with Crippen molar-refractivity contribution in [2.24, 2.45) is 0 Å². The van der Waals surface area contributed by atoms with E-state index in [1.807, 2.05) is 38.1 Å². The van der Waals surface area contributed by atoms with Crippen LogP contribution in [0.2, 0.25) is 0 Å². The highest BCUT2D eigenvalue weighted by molar-refractivity contribution is 5.56. The van der Waals surface area contributed by atoms with E-state index in [2.05, 4.69) is 16.2 Å². The van der Waals surface area contributed by atoms with Crippen molar-refractivity contribution in [2.45, 2.75) is 26.5 Å². The molecular formula is C20H20N4O2. The normalized spacial score (nSPS) is 11.8. The van der Waals surface area contributed by atoms with Gasteiger partial charge in [-0.1, -0.05) is 23.8 Å². The van der Waals surface area contributed by atoms with Crippen LogP contribution in [0.4, 0.5) is 0 Å². The van der Waals surface area contributed by atoms with Gasteiger partial charge in [0.15, 0.2) is 5.82 Å². The molecule has 6 heteroatoms. The van der Waals surface area contributed by atoms with Crippen molar-refractivity contribution in [1.29, 1.82) is 5.26 Å². The van der Waals surface area contributed by atoms with E-state index in [9.17, 15) is 5.11 Å². The Balaban J connectivity index is 1.67. The summed E-state index contributed by atoms with van der Waals surface area (Å²) in [5, 5.41) is 23.5. The predicted molar refractivity (Wildman–Crippen MR) is 97.6 cm³/mol.